The molecule has 21 heavy (non-hydrogen) atoms. The van der Waals surface area contributed by atoms with Gasteiger partial charge in [0.2, 0.25) is 0 Å². The van der Waals surface area contributed by atoms with Gasteiger partial charge in [0.05, 0.1) is 13.2 Å². The first kappa shape index (κ1) is 19.2. The van der Waals surface area contributed by atoms with Crippen LogP contribution in [0.3, 0.4) is 0 Å². The minimum absolute atomic E-state index is 0.0686. The highest BCUT2D eigenvalue weighted by atomic mass is 16.6. The molecule has 0 fully saturated rings. The van der Waals surface area contributed by atoms with Crippen LogP contribution >= 0.6 is 0 Å². The Balaban J connectivity index is 3.80. The molecule has 0 radical (unpaired) electrons. The van der Waals surface area contributed by atoms with E-state index in [2.05, 4.69) is 21.1 Å². The lowest BCUT2D eigenvalue weighted by atomic mass is 10.1. The second-order valence-electron chi connectivity index (χ2n) is 5.35. The third-order valence-corrected chi connectivity index (χ3v) is 2.15. The van der Waals surface area contributed by atoms with Gasteiger partial charge in [-0.3, -0.25) is 9.59 Å². The average Bonchev–Trinajstić information content (AvgIpc) is 2.34. The predicted molar refractivity (Wildman–Crippen MR) is 75.0 cm³/mol. The van der Waals surface area contributed by atoms with Crippen molar-refractivity contribution in [1.82, 2.24) is 5.32 Å². The van der Waals surface area contributed by atoms with Crippen LogP contribution in [0, 0.1) is 0 Å². The summed E-state index contributed by atoms with van der Waals surface area (Å²) in [5.74, 6) is -0.789. The highest BCUT2D eigenvalue weighted by Crippen LogP contribution is 2.08. The van der Waals surface area contributed by atoms with Gasteiger partial charge >= 0.3 is 5.97 Å². The molecule has 0 aromatic rings. The van der Waals surface area contributed by atoms with Crippen molar-refractivity contribution in [1.29, 1.82) is 0 Å². The van der Waals surface area contributed by atoms with Crippen LogP contribution in [0.4, 0.5) is 0 Å². The van der Waals surface area contributed by atoms with E-state index in [1.807, 2.05) is 0 Å². The smallest absolute Gasteiger partial charge is 0.312 e. The van der Waals surface area contributed by atoms with E-state index in [1.165, 1.54) is 0 Å². The molecule has 0 bridgehead atoms. The van der Waals surface area contributed by atoms with Crippen LogP contribution in [0.1, 0.15) is 27.2 Å². The van der Waals surface area contributed by atoms with Gasteiger partial charge in [-0.2, -0.15) is 0 Å². The third-order valence-electron chi connectivity index (χ3n) is 2.15. The SMILES string of the molecule is CC(C)(C)OC(=O)C[C@H]([NH3+])C(=O)NCCOCCN=[N+]=[N-]. The largest absolute Gasteiger partial charge is 0.460 e. The van der Waals surface area contributed by atoms with Gasteiger partial charge in [-0.05, 0) is 26.3 Å². The van der Waals surface area contributed by atoms with Crippen LogP contribution in [0.5, 0.6) is 0 Å². The molecular weight excluding hydrogens is 278 g/mol. The molecule has 0 rings (SSSR count). The molecule has 1 amide bonds. The Hall–Kier alpha value is -1.83. The van der Waals surface area contributed by atoms with Crippen molar-refractivity contribution in [2.75, 3.05) is 26.3 Å². The van der Waals surface area contributed by atoms with Crippen molar-refractivity contribution in [3.8, 4) is 0 Å². The maximum atomic E-state index is 11.7. The summed E-state index contributed by atoms with van der Waals surface area (Å²) in [7, 11) is 0. The highest BCUT2D eigenvalue weighted by Gasteiger charge is 2.24. The number of hydrogen-bond acceptors (Lipinski definition) is 5. The van der Waals surface area contributed by atoms with E-state index >= 15 is 0 Å². The average molecular weight is 302 g/mol. The minimum Gasteiger partial charge on any atom is -0.460 e. The van der Waals surface area contributed by atoms with Gasteiger partial charge in [0.1, 0.15) is 12.0 Å². The molecule has 4 N–H and O–H groups in total. The summed E-state index contributed by atoms with van der Waals surface area (Å²) in [5, 5.41) is 5.91. The first-order chi connectivity index (χ1) is 9.76. The van der Waals surface area contributed by atoms with E-state index in [0.717, 1.165) is 0 Å². The topological polar surface area (TPSA) is 141 Å². The molecule has 0 spiro atoms. The molecule has 0 heterocycles. The molecule has 9 heteroatoms. The molecule has 0 aromatic heterocycles. The van der Waals surface area contributed by atoms with E-state index in [1.54, 1.807) is 20.8 Å². The zero-order chi connectivity index (χ0) is 16.3. The maximum Gasteiger partial charge on any atom is 0.312 e. The van der Waals surface area contributed by atoms with E-state index < -0.39 is 17.6 Å². The monoisotopic (exact) mass is 302 g/mol. The number of hydrogen-bond donors (Lipinski definition) is 2. The third kappa shape index (κ3) is 11.7. The summed E-state index contributed by atoms with van der Waals surface area (Å²) in [4.78, 5) is 25.8. The van der Waals surface area contributed by atoms with Crippen LogP contribution < -0.4 is 11.1 Å². The van der Waals surface area contributed by atoms with E-state index in [-0.39, 0.29) is 18.9 Å². The summed E-state index contributed by atoms with van der Waals surface area (Å²) >= 11 is 0. The molecule has 1 atom stereocenters. The van der Waals surface area contributed by atoms with Gasteiger partial charge in [-0.25, -0.2) is 0 Å². The first-order valence-corrected chi connectivity index (χ1v) is 6.67. The van der Waals surface area contributed by atoms with Gasteiger partial charge in [0.15, 0.2) is 6.04 Å². The second-order valence-corrected chi connectivity index (χ2v) is 5.35. The summed E-state index contributed by atoms with van der Waals surface area (Å²) in [6.07, 6.45) is -0.0686. The van der Waals surface area contributed by atoms with Gasteiger partial charge < -0.3 is 20.5 Å². The van der Waals surface area contributed by atoms with Crippen molar-refractivity contribution in [2.24, 2.45) is 5.11 Å². The maximum absolute atomic E-state index is 11.7. The lowest BCUT2D eigenvalue weighted by molar-refractivity contribution is -0.403. The summed E-state index contributed by atoms with van der Waals surface area (Å²) < 4.78 is 10.2. The van der Waals surface area contributed by atoms with E-state index in [0.29, 0.717) is 19.8 Å². The Kier molecular flexibility index (Phi) is 9.11. The summed E-state index contributed by atoms with van der Waals surface area (Å²) in [6, 6.07) is -0.706. The summed E-state index contributed by atoms with van der Waals surface area (Å²) in [6.45, 7) is 6.43. The van der Waals surface area contributed by atoms with Crippen molar-refractivity contribution in [2.45, 2.75) is 38.8 Å². The molecule has 0 saturated heterocycles. The Morgan fingerprint density at radius 3 is 2.62 bits per heavy atom. The lowest BCUT2D eigenvalue weighted by Crippen LogP contribution is -2.68. The Labute approximate surface area is 123 Å². The number of carbonyl (C=O) groups excluding carboxylic acids is 2. The fourth-order valence-corrected chi connectivity index (χ4v) is 1.32. The first-order valence-electron chi connectivity index (χ1n) is 6.67. The normalized spacial score (nSPS) is 12.2. The van der Waals surface area contributed by atoms with E-state index in [9.17, 15) is 9.59 Å². The standard InChI is InChI=1S/C12H23N5O4/c1-12(2,3)21-10(18)8-9(13)11(19)15-4-6-20-7-5-16-17-14/h9H,4-8,13H2,1-3H3,(H,15,19)/p+1/t9-/m0/s1. The number of nitrogens with one attached hydrogen (secondary N) is 1. The van der Waals surface area contributed by atoms with Crippen molar-refractivity contribution in [3.63, 3.8) is 0 Å². The Bertz CT molecular complexity index is 388. The zero-order valence-electron chi connectivity index (χ0n) is 12.8. The van der Waals surface area contributed by atoms with Crippen LogP contribution in [-0.4, -0.2) is 49.8 Å². The number of amides is 1. The number of carbonyl (C=O) groups is 2. The number of ether oxygens (including phenoxy) is 2. The predicted octanol–water partition coefficient (Wildman–Crippen LogP) is -0.228. The molecule has 0 aliphatic rings. The number of quaternary nitrogens is 1. The van der Waals surface area contributed by atoms with Crippen LogP contribution in [0.25, 0.3) is 10.4 Å². The van der Waals surface area contributed by atoms with Gasteiger partial charge in [-0.15, -0.1) is 0 Å². The zero-order valence-corrected chi connectivity index (χ0v) is 12.8. The summed E-state index contributed by atoms with van der Waals surface area (Å²) in [5.41, 5.74) is 11.1. The van der Waals surface area contributed by atoms with Gasteiger partial charge in [0, 0.05) is 18.0 Å². The van der Waals surface area contributed by atoms with Crippen molar-refractivity contribution >= 4 is 11.9 Å². The van der Waals surface area contributed by atoms with Crippen molar-refractivity contribution < 1.29 is 24.8 Å². The molecule has 0 saturated carbocycles. The van der Waals surface area contributed by atoms with Gasteiger partial charge in [0.25, 0.3) is 5.91 Å². The number of esters is 1. The molecule has 120 valence electrons. The minimum atomic E-state index is -0.706. The van der Waals surface area contributed by atoms with Crippen LogP contribution in [0.15, 0.2) is 5.11 Å². The van der Waals surface area contributed by atoms with Gasteiger partial charge in [-0.1, -0.05) is 5.11 Å². The Morgan fingerprint density at radius 2 is 2.05 bits per heavy atom. The highest BCUT2D eigenvalue weighted by molar-refractivity contribution is 5.85. The van der Waals surface area contributed by atoms with Crippen molar-refractivity contribution in [3.05, 3.63) is 10.4 Å². The molecule has 0 aliphatic heterocycles. The molecule has 9 nitrogen and oxygen atoms in total. The molecular formula is C12H24N5O4+. The second kappa shape index (κ2) is 9.98. The molecule has 0 aromatic carbocycles. The van der Waals surface area contributed by atoms with Crippen LogP contribution in [0.2, 0.25) is 0 Å². The van der Waals surface area contributed by atoms with E-state index in [4.69, 9.17) is 15.0 Å². The molecule has 0 aliphatic carbocycles. The number of rotatable bonds is 9. The fourth-order valence-electron chi connectivity index (χ4n) is 1.32. The molecule has 0 unspecified atom stereocenters. The lowest BCUT2D eigenvalue weighted by Gasteiger charge is -2.20. The van der Waals surface area contributed by atoms with Crippen LogP contribution in [-0.2, 0) is 19.1 Å². The fraction of sp³-hybridized carbons (Fsp3) is 0.833. The quantitative estimate of drug-likeness (QED) is 0.199. The number of azide groups is 1. The number of nitrogens with zero attached hydrogens (tertiary/aromatic N) is 3. The Morgan fingerprint density at radius 1 is 1.38 bits per heavy atom.